The molecule has 0 heterocycles. The molecule has 5 nitrogen and oxygen atoms in total. The lowest BCUT2D eigenvalue weighted by Gasteiger charge is -2.10. The average Bonchev–Trinajstić information content (AvgIpc) is 2.35. The number of hydrogen-bond donors (Lipinski definition) is 3. The molecule has 0 aliphatic heterocycles. The predicted octanol–water partition coefficient (Wildman–Crippen LogP) is 0.794. The minimum Gasteiger partial charge on any atom is -0.508 e. The second kappa shape index (κ2) is 6.67. The Kier molecular flexibility index (Phi) is 5.19. The quantitative estimate of drug-likeness (QED) is 0.525. The molecule has 0 radical (unpaired) electrons. The van der Waals surface area contributed by atoms with Gasteiger partial charge >= 0.3 is 5.97 Å². The summed E-state index contributed by atoms with van der Waals surface area (Å²) in [6, 6.07) is 6.26. The van der Waals surface area contributed by atoms with Gasteiger partial charge in [-0.1, -0.05) is 12.1 Å². The van der Waals surface area contributed by atoms with Crippen molar-refractivity contribution in [3.05, 3.63) is 35.9 Å². The molecule has 1 aromatic carbocycles. The number of rotatable bonds is 5. The zero-order chi connectivity index (χ0) is 12.7. The van der Waals surface area contributed by atoms with E-state index in [4.69, 9.17) is 20.1 Å². The van der Waals surface area contributed by atoms with Gasteiger partial charge in [0.15, 0.2) is 0 Å². The molecule has 1 rings (SSSR count). The number of aliphatic hydroxyl groups excluding tert-OH is 2. The lowest BCUT2D eigenvalue weighted by Crippen LogP contribution is -2.24. The smallest absolute Gasteiger partial charge is 0.331 e. The SMILES string of the molecule is O=C(/C=C/c1ccc(O)cc1)OC(CO)CO.[HH].[HH]. The number of aliphatic hydroxyl groups is 2. The van der Waals surface area contributed by atoms with Crippen molar-refractivity contribution >= 4 is 12.0 Å². The molecular formula is C12H18O5. The highest BCUT2D eigenvalue weighted by Gasteiger charge is 2.09. The van der Waals surface area contributed by atoms with Crippen LogP contribution >= 0.6 is 0 Å². The Hall–Kier alpha value is -1.85. The maximum atomic E-state index is 11.2. The normalized spacial score (nSPS) is 11.0. The average molecular weight is 242 g/mol. The molecule has 0 aliphatic rings. The summed E-state index contributed by atoms with van der Waals surface area (Å²) >= 11 is 0. The van der Waals surface area contributed by atoms with Crippen LogP contribution < -0.4 is 0 Å². The first-order valence-electron chi connectivity index (χ1n) is 5.05. The summed E-state index contributed by atoms with van der Waals surface area (Å²) < 4.78 is 4.72. The van der Waals surface area contributed by atoms with E-state index in [1.54, 1.807) is 12.1 Å². The monoisotopic (exact) mass is 242 g/mol. The summed E-state index contributed by atoms with van der Waals surface area (Å²) in [5.74, 6) is -0.503. The molecule has 0 saturated heterocycles. The summed E-state index contributed by atoms with van der Waals surface area (Å²) in [4.78, 5) is 11.2. The molecule has 0 fully saturated rings. The van der Waals surface area contributed by atoms with Crippen molar-refractivity contribution in [2.24, 2.45) is 0 Å². The number of carbonyl (C=O) groups is 1. The molecule has 0 atom stereocenters. The number of phenols is 1. The van der Waals surface area contributed by atoms with Gasteiger partial charge < -0.3 is 20.1 Å². The maximum Gasteiger partial charge on any atom is 0.331 e. The molecule has 5 heteroatoms. The highest BCUT2D eigenvalue weighted by molar-refractivity contribution is 5.87. The largest absolute Gasteiger partial charge is 0.508 e. The second-order valence-corrected chi connectivity index (χ2v) is 3.35. The maximum absolute atomic E-state index is 11.2. The van der Waals surface area contributed by atoms with Gasteiger partial charge in [-0.15, -0.1) is 0 Å². The van der Waals surface area contributed by atoms with Crippen molar-refractivity contribution in [3.63, 3.8) is 0 Å². The Balaban J connectivity index is 0. The van der Waals surface area contributed by atoms with Crippen LogP contribution in [0.1, 0.15) is 8.42 Å². The summed E-state index contributed by atoms with van der Waals surface area (Å²) in [6.45, 7) is -0.843. The number of aromatic hydroxyl groups is 1. The summed E-state index contributed by atoms with van der Waals surface area (Å²) in [5.41, 5.74) is 0.726. The van der Waals surface area contributed by atoms with Crippen molar-refractivity contribution in [3.8, 4) is 5.75 Å². The number of esters is 1. The molecule has 3 N–H and O–H groups in total. The zero-order valence-electron chi connectivity index (χ0n) is 9.11. The van der Waals surface area contributed by atoms with Crippen molar-refractivity contribution in [1.82, 2.24) is 0 Å². The minimum atomic E-state index is -0.896. The van der Waals surface area contributed by atoms with Crippen LogP contribution in [0.4, 0.5) is 0 Å². The van der Waals surface area contributed by atoms with Crippen molar-refractivity contribution in [1.29, 1.82) is 0 Å². The third kappa shape index (κ3) is 4.67. The topological polar surface area (TPSA) is 87.0 Å². The van der Waals surface area contributed by atoms with E-state index in [1.165, 1.54) is 24.3 Å². The van der Waals surface area contributed by atoms with Crippen LogP contribution in [-0.2, 0) is 9.53 Å². The predicted molar refractivity (Wildman–Crippen MR) is 65.4 cm³/mol. The molecular weight excluding hydrogens is 224 g/mol. The second-order valence-electron chi connectivity index (χ2n) is 3.35. The van der Waals surface area contributed by atoms with Crippen LogP contribution in [0.15, 0.2) is 30.3 Å². The van der Waals surface area contributed by atoms with E-state index in [0.29, 0.717) is 0 Å². The van der Waals surface area contributed by atoms with Crippen LogP contribution in [0.2, 0.25) is 0 Å². The van der Waals surface area contributed by atoms with E-state index in [0.717, 1.165) is 5.56 Å². The number of benzene rings is 1. The third-order valence-electron chi connectivity index (χ3n) is 2.00. The van der Waals surface area contributed by atoms with Crippen molar-refractivity contribution in [2.45, 2.75) is 6.10 Å². The third-order valence-corrected chi connectivity index (χ3v) is 2.00. The lowest BCUT2D eigenvalue weighted by atomic mass is 10.2. The Morgan fingerprint density at radius 3 is 2.41 bits per heavy atom. The van der Waals surface area contributed by atoms with Crippen LogP contribution in [0.25, 0.3) is 6.08 Å². The van der Waals surface area contributed by atoms with Gasteiger partial charge in [-0.25, -0.2) is 4.79 Å². The molecule has 1 aromatic rings. The van der Waals surface area contributed by atoms with Gasteiger partial charge in [0.1, 0.15) is 11.9 Å². The van der Waals surface area contributed by atoms with E-state index in [1.807, 2.05) is 0 Å². The van der Waals surface area contributed by atoms with Crippen LogP contribution in [0.5, 0.6) is 5.75 Å². The van der Waals surface area contributed by atoms with Gasteiger partial charge in [-0.2, -0.15) is 0 Å². The van der Waals surface area contributed by atoms with Crippen LogP contribution in [-0.4, -0.2) is 40.6 Å². The van der Waals surface area contributed by atoms with Crippen molar-refractivity contribution < 1.29 is 27.7 Å². The van der Waals surface area contributed by atoms with Gasteiger partial charge in [-0.05, 0) is 23.8 Å². The van der Waals surface area contributed by atoms with E-state index in [2.05, 4.69) is 0 Å². The molecule has 0 unspecified atom stereocenters. The van der Waals surface area contributed by atoms with E-state index in [-0.39, 0.29) is 8.60 Å². The lowest BCUT2D eigenvalue weighted by molar-refractivity contribution is -0.147. The first-order valence-corrected chi connectivity index (χ1v) is 5.05. The summed E-state index contributed by atoms with van der Waals surface area (Å²) in [7, 11) is 0. The van der Waals surface area contributed by atoms with E-state index in [9.17, 15) is 4.79 Å². The molecule has 0 bridgehead atoms. The van der Waals surface area contributed by atoms with Crippen LogP contribution in [0, 0.1) is 0 Å². The van der Waals surface area contributed by atoms with Gasteiger partial charge in [0.05, 0.1) is 13.2 Å². The fourth-order valence-electron chi connectivity index (χ4n) is 1.09. The molecule has 17 heavy (non-hydrogen) atoms. The Morgan fingerprint density at radius 1 is 1.29 bits per heavy atom. The fraction of sp³-hybridized carbons (Fsp3) is 0.250. The summed E-state index contributed by atoms with van der Waals surface area (Å²) in [5, 5.41) is 26.4. The number of phenolic OH excluding ortho intramolecular Hbond substituents is 1. The highest BCUT2D eigenvalue weighted by Crippen LogP contribution is 2.10. The number of ether oxygens (including phenoxy) is 1. The molecule has 96 valence electrons. The van der Waals surface area contributed by atoms with E-state index >= 15 is 0 Å². The van der Waals surface area contributed by atoms with Gasteiger partial charge in [0.25, 0.3) is 0 Å². The van der Waals surface area contributed by atoms with Crippen LogP contribution in [0.3, 0.4) is 0 Å². The molecule has 0 amide bonds. The minimum absolute atomic E-state index is 0. The first kappa shape index (κ1) is 13.2. The number of carbonyl (C=O) groups excluding carboxylic acids is 1. The fourth-order valence-corrected chi connectivity index (χ4v) is 1.09. The Labute approximate surface area is 102 Å². The Bertz CT molecular complexity index is 388. The van der Waals surface area contributed by atoms with Gasteiger partial charge in [-0.3, -0.25) is 0 Å². The molecule has 0 aromatic heterocycles. The molecule has 0 spiro atoms. The summed E-state index contributed by atoms with van der Waals surface area (Å²) in [6.07, 6.45) is 1.80. The highest BCUT2D eigenvalue weighted by atomic mass is 16.6. The molecule has 0 saturated carbocycles. The standard InChI is InChI=1S/C12H14O5.2H2/c13-7-11(8-14)17-12(16)6-3-9-1-4-10(15)5-2-9;;/h1-6,11,13-15H,7-8H2;2*1H/b6-3+;;. The van der Waals surface area contributed by atoms with E-state index < -0.39 is 25.3 Å². The zero-order valence-corrected chi connectivity index (χ0v) is 9.11. The first-order chi connectivity index (χ1) is 8.15. The van der Waals surface area contributed by atoms with Gasteiger partial charge in [0, 0.05) is 8.93 Å². The van der Waals surface area contributed by atoms with Crippen molar-refractivity contribution in [2.75, 3.05) is 13.2 Å². The van der Waals surface area contributed by atoms with Gasteiger partial charge in [0.2, 0.25) is 0 Å². The number of hydrogen-bond acceptors (Lipinski definition) is 5. The molecule has 0 aliphatic carbocycles. The Morgan fingerprint density at radius 2 is 1.88 bits per heavy atom.